The second kappa shape index (κ2) is 8.66. The summed E-state index contributed by atoms with van der Waals surface area (Å²) in [5.74, 6) is 0. The zero-order valence-corrected chi connectivity index (χ0v) is 17.4. The molecule has 1 unspecified atom stereocenters. The first-order valence-corrected chi connectivity index (χ1v) is 13.3. The second-order valence-electron chi connectivity index (χ2n) is 5.77. The van der Waals surface area contributed by atoms with E-state index in [1.54, 1.807) is 0 Å². The predicted octanol–water partition coefficient (Wildman–Crippen LogP) is 4.65. The van der Waals surface area contributed by atoms with Gasteiger partial charge in [0.1, 0.15) is 8.07 Å². The molecule has 0 N–H and O–H groups in total. The van der Waals surface area contributed by atoms with Gasteiger partial charge in [0.2, 0.25) is 10.4 Å². The summed E-state index contributed by atoms with van der Waals surface area (Å²) in [6, 6.07) is 26.4. The number of benzene rings is 3. The molecule has 0 aliphatic carbocycles. The normalized spacial score (nSPS) is 11.3. The van der Waals surface area contributed by atoms with Crippen molar-refractivity contribution in [2.45, 2.75) is 13.1 Å². The monoisotopic (exact) mass is 368 g/mol. The van der Waals surface area contributed by atoms with Crippen LogP contribution in [0, 0.1) is 0 Å². The fourth-order valence-electron chi connectivity index (χ4n) is 2.60. The van der Waals surface area contributed by atoms with E-state index in [9.17, 15) is 0 Å². The maximum absolute atomic E-state index is 3.48. The van der Waals surface area contributed by atoms with E-state index in [1.165, 1.54) is 21.1 Å². The Labute approximate surface area is 147 Å². The first kappa shape index (κ1) is 18.2. The van der Waals surface area contributed by atoms with Crippen LogP contribution in [0.3, 0.4) is 0 Å². The molecule has 0 bridgehead atoms. The van der Waals surface area contributed by atoms with Crippen LogP contribution in [0.4, 0.5) is 0 Å². The summed E-state index contributed by atoms with van der Waals surface area (Å²) in [4.78, 5) is 0. The minimum atomic E-state index is -1.57. The Kier molecular flexibility index (Phi) is 6.86. The summed E-state index contributed by atoms with van der Waals surface area (Å²) in [6.45, 7) is 4.85. The van der Waals surface area contributed by atoms with Crippen molar-refractivity contribution in [3.05, 3.63) is 72.8 Å². The molecule has 1 atom stereocenters. The topological polar surface area (TPSA) is 12.4 Å². The summed E-state index contributed by atoms with van der Waals surface area (Å²) < 4.78 is 3.48. The summed E-state index contributed by atoms with van der Waals surface area (Å²) in [7, 11) is 4.67. The third-order valence-electron chi connectivity index (χ3n) is 4.02. The third kappa shape index (κ3) is 4.68. The Balaban J connectivity index is 0.000000433. The molecule has 115 valence electrons. The highest BCUT2D eigenvalue weighted by Gasteiger charge is 2.25. The van der Waals surface area contributed by atoms with Crippen molar-refractivity contribution < 1.29 is 0 Å². The SMILES string of the molecule is C[Si](C)(c1ccccc1)c1ccc2ccccc2c1.[Si]N=PP. The lowest BCUT2D eigenvalue weighted by molar-refractivity contribution is 1.69. The highest BCUT2D eigenvalue weighted by Crippen LogP contribution is 2.14. The minimum Gasteiger partial charge on any atom is -0.306 e. The van der Waals surface area contributed by atoms with Crippen LogP contribution < -0.4 is 10.4 Å². The number of hydrogen-bond acceptors (Lipinski definition) is 1. The maximum Gasteiger partial charge on any atom is 0.228 e. The van der Waals surface area contributed by atoms with Gasteiger partial charge in [-0.2, -0.15) is 0 Å². The molecule has 3 radical (unpaired) electrons. The Morgan fingerprint density at radius 3 is 2.00 bits per heavy atom. The van der Waals surface area contributed by atoms with E-state index >= 15 is 0 Å². The van der Waals surface area contributed by atoms with E-state index in [-0.39, 0.29) is 0 Å². The summed E-state index contributed by atoms with van der Waals surface area (Å²) >= 11 is 0. The van der Waals surface area contributed by atoms with Gasteiger partial charge in [-0.15, -0.1) is 0 Å². The van der Waals surface area contributed by atoms with E-state index in [2.05, 4.69) is 110 Å². The van der Waals surface area contributed by atoms with Crippen LogP contribution in [-0.4, -0.2) is 18.5 Å². The first-order chi connectivity index (χ1) is 11.1. The summed E-state index contributed by atoms with van der Waals surface area (Å²) in [5, 5.41) is 5.66. The Morgan fingerprint density at radius 2 is 1.39 bits per heavy atom. The van der Waals surface area contributed by atoms with E-state index < -0.39 is 8.07 Å². The van der Waals surface area contributed by atoms with E-state index in [1.807, 2.05) is 0 Å². The number of hydrogen-bond donors (Lipinski definition) is 0. The van der Waals surface area contributed by atoms with Gasteiger partial charge < -0.3 is 4.41 Å². The van der Waals surface area contributed by atoms with Crippen LogP contribution in [0.1, 0.15) is 0 Å². The van der Waals surface area contributed by atoms with Crippen molar-refractivity contribution >= 4 is 56.6 Å². The zero-order valence-electron chi connectivity index (χ0n) is 13.4. The van der Waals surface area contributed by atoms with Gasteiger partial charge in [0.15, 0.2) is 0 Å². The molecule has 0 fully saturated rings. The maximum atomic E-state index is 3.48. The van der Waals surface area contributed by atoms with E-state index in [4.69, 9.17) is 0 Å². The fraction of sp³-hybridized carbons (Fsp3) is 0.111. The van der Waals surface area contributed by atoms with Crippen LogP contribution in [0.5, 0.6) is 0 Å². The average molecular weight is 368 g/mol. The molecule has 0 saturated heterocycles. The molecule has 3 aromatic rings. The lowest BCUT2D eigenvalue weighted by Crippen LogP contribution is -2.52. The highest BCUT2D eigenvalue weighted by atomic mass is 32.0. The van der Waals surface area contributed by atoms with E-state index in [0.29, 0.717) is 0 Å². The van der Waals surface area contributed by atoms with Crippen molar-refractivity contribution in [1.29, 1.82) is 0 Å². The second-order valence-corrected chi connectivity index (χ2v) is 11.9. The predicted molar refractivity (Wildman–Crippen MR) is 112 cm³/mol. The van der Waals surface area contributed by atoms with Gasteiger partial charge in [-0.1, -0.05) is 105 Å². The number of rotatable bonds is 2. The van der Waals surface area contributed by atoms with Crippen LogP contribution in [0.2, 0.25) is 13.1 Å². The Bertz CT molecular complexity index is 785. The van der Waals surface area contributed by atoms with Crippen LogP contribution in [0.15, 0.2) is 77.2 Å². The van der Waals surface area contributed by atoms with Crippen molar-refractivity contribution in [1.82, 2.24) is 0 Å². The Morgan fingerprint density at radius 1 is 0.826 bits per heavy atom. The van der Waals surface area contributed by atoms with Crippen LogP contribution in [0.25, 0.3) is 10.8 Å². The number of fused-ring (bicyclic) bond motifs is 1. The molecule has 0 spiro atoms. The molecule has 0 aromatic heterocycles. The molecule has 0 aliphatic rings. The molecule has 5 heteroatoms. The lowest BCUT2D eigenvalue weighted by Gasteiger charge is -2.24. The highest BCUT2D eigenvalue weighted by molar-refractivity contribution is 7.97. The molecule has 0 saturated carbocycles. The molecule has 1 nitrogen and oxygen atoms in total. The van der Waals surface area contributed by atoms with Crippen molar-refractivity contribution in [3.63, 3.8) is 0 Å². The van der Waals surface area contributed by atoms with Gasteiger partial charge >= 0.3 is 0 Å². The average Bonchev–Trinajstić information content (AvgIpc) is 2.62. The van der Waals surface area contributed by atoms with Crippen LogP contribution in [-0.2, 0) is 0 Å². The molecular formula is C18H20NP2Si2. The standard InChI is InChI=1S/C18H18Si.H2NP2Si/c1-19(2,17-10-4-3-5-11-17)18-13-12-15-8-6-7-9-16(15)14-18;2-3-1-4/h3-14H,1-2H3;2H2. The molecule has 0 amide bonds. The summed E-state index contributed by atoms with van der Waals surface area (Å²) in [5.41, 5.74) is 0. The third-order valence-corrected chi connectivity index (χ3v) is 9.06. The van der Waals surface area contributed by atoms with Gasteiger partial charge in [-0.25, -0.2) is 0 Å². The minimum absolute atomic E-state index is 0.954. The van der Waals surface area contributed by atoms with Gasteiger partial charge in [-0.3, -0.25) is 0 Å². The fourth-order valence-corrected chi connectivity index (χ4v) is 4.98. The lowest BCUT2D eigenvalue weighted by atomic mass is 10.1. The first-order valence-electron chi connectivity index (χ1n) is 7.41. The Hall–Kier alpha value is -1.12. The zero-order chi connectivity index (χ0) is 16.7. The molecular weight excluding hydrogens is 348 g/mol. The van der Waals surface area contributed by atoms with Crippen molar-refractivity contribution in [3.8, 4) is 0 Å². The van der Waals surface area contributed by atoms with Gasteiger partial charge in [0.25, 0.3) is 0 Å². The molecule has 3 aromatic carbocycles. The molecule has 0 heterocycles. The smallest absolute Gasteiger partial charge is 0.228 e. The van der Waals surface area contributed by atoms with Gasteiger partial charge in [-0.05, 0) is 10.8 Å². The van der Waals surface area contributed by atoms with Gasteiger partial charge in [0, 0.05) is 8.06 Å². The van der Waals surface area contributed by atoms with Crippen molar-refractivity contribution in [2.24, 2.45) is 4.41 Å². The van der Waals surface area contributed by atoms with Crippen LogP contribution >= 0.6 is 17.0 Å². The van der Waals surface area contributed by atoms with Gasteiger partial charge in [0.05, 0.1) is 0 Å². The molecule has 3 rings (SSSR count). The largest absolute Gasteiger partial charge is 0.306 e. The van der Waals surface area contributed by atoms with Crippen molar-refractivity contribution in [2.75, 3.05) is 0 Å². The molecule has 0 aliphatic heterocycles. The van der Waals surface area contributed by atoms with E-state index in [0.717, 1.165) is 8.06 Å². The quantitative estimate of drug-likeness (QED) is 0.461. The summed E-state index contributed by atoms with van der Waals surface area (Å²) in [6.07, 6.45) is 0. The molecule has 23 heavy (non-hydrogen) atoms. The number of nitrogens with zero attached hydrogens (tertiary/aromatic N) is 1.